The highest BCUT2D eigenvalue weighted by Crippen LogP contribution is 2.29. The first-order valence-electron chi connectivity index (χ1n) is 9.84. The molecule has 2 aromatic carbocycles. The maximum absolute atomic E-state index is 12.9. The topological polar surface area (TPSA) is 48.2 Å². The third-order valence-corrected chi connectivity index (χ3v) is 5.88. The lowest BCUT2D eigenvalue weighted by atomic mass is 10.1. The second kappa shape index (κ2) is 6.94. The van der Waals surface area contributed by atoms with Crippen molar-refractivity contribution >= 4 is 10.9 Å². The van der Waals surface area contributed by atoms with Crippen LogP contribution in [0.2, 0.25) is 0 Å². The van der Waals surface area contributed by atoms with E-state index in [4.69, 9.17) is 4.74 Å². The van der Waals surface area contributed by atoms with Gasteiger partial charge in [0.1, 0.15) is 5.75 Å². The van der Waals surface area contributed by atoms with Crippen LogP contribution in [0, 0.1) is 0 Å². The first kappa shape index (κ1) is 17.8. The minimum atomic E-state index is -0.0432. The van der Waals surface area contributed by atoms with E-state index >= 15 is 0 Å². The van der Waals surface area contributed by atoms with Crippen LogP contribution < -0.4 is 15.6 Å². The molecule has 1 aliphatic rings. The van der Waals surface area contributed by atoms with Crippen molar-refractivity contribution in [1.29, 1.82) is 0 Å². The quantitative estimate of drug-likeness (QED) is 0.586. The number of nitrogens with one attached hydrogen (secondary N) is 1. The first-order chi connectivity index (χ1) is 14.2. The number of fused-ring (bicyclic) bond motifs is 3. The Morgan fingerprint density at radius 3 is 2.59 bits per heavy atom. The lowest BCUT2D eigenvalue weighted by Gasteiger charge is -2.14. The maximum Gasteiger partial charge on any atom is 0.255 e. The lowest BCUT2D eigenvalue weighted by Crippen LogP contribution is -2.24. The summed E-state index contributed by atoms with van der Waals surface area (Å²) in [6.45, 7) is 1.92. The molecular weight excluding hydrogens is 362 g/mol. The summed E-state index contributed by atoms with van der Waals surface area (Å²) in [4.78, 5) is 12.9. The molecule has 0 amide bonds. The van der Waals surface area contributed by atoms with Crippen LogP contribution in [0.1, 0.15) is 11.3 Å². The summed E-state index contributed by atoms with van der Waals surface area (Å²) >= 11 is 0. The number of hydrogen-bond donors (Lipinski definition) is 1. The molecule has 0 spiro atoms. The van der Waals surface area contributed by atoms with Gasteiger partial charge in [-0.15, -0.1) is 0 Å². The second-order valence-corrected chi connectivity index (χ2v) is 7.46. The minimum absolute atomic E-state index is 0.0432. The molecular formula is C24H23N3O2. The molecule has 2 aromatic heterocycles. The fraction of sp³-hybridized carbons (Fsp3) is 0.208. The van der Waals surface area contributed by atoms with Gasteiger partial charge in [-0.25, -0.2) is 0 Å². The molecule has 0 aliphatic carbocycles. The molecule has 146 valence electrons. The zero-order valence-electron chi connectivity index (χ0n) is 16.6. The molecule has 1 aliphatic heterocycles. The summed E-state index contributed by atoms with van der Waals surface area (Å²) in [6, 6.07) is 17.7. The van der Waals surface area contributed by atoms with Crippen molar-refractivity contribution in [2.75, 3.05) is 13.7 Å². The van der Waals surface area contributed by atoms with Gasteiger partial charge in [0.15, 0.2) is 0 Å². The van der Waals surface area contributed by atoms with Gasteiger partial charge in [-0.05, 0) is 47.0 Å². The third kappa shape index (κ3) is 2.95. The average molecular weight is 385 g/mol. The Bertz CT molecular complexity index is 1270. The predicted molar refractivity (Wildman–Crippen MR) is 116 cm³/mol. The second-order valence-electron chi connectivity index (χ2n) is 7.46. The lowest BCUT2D eigenvalue weighted by molar-refractivity contribution is 0.415. The smallest absolute Gasteiger partial charge is 0.255 e. The number of rotatable bonds is 3. The Labute approximate surface area is 169 Å². The molecule has 0 saturated carbocycles. The molecule has 0 bridgehead atoms. The predicted octanol–water partition coefficient (Wildman–Crippen LogP) is 3.65. The van der Waals surface area contributed by atoms with Crippen molar-refractivity contribution in [2.24, 2.45) is 7.05 Å². The molecule has 0 saturated heterocycles. The zero-order chi connectivity index (χ0) is 20.0. The van der Waals surface area contributed by atoms with E-state index < -0.39 is 0 Å². The van der Waals surface area contributed by atoms with Crippen molar-refractivity contribution in [2.45, 2.75) is 13.0 Å². The number of aryl methyl sites for hydroxylation is 1. The number of benzene rings is 2. The summed E-state index contributed by atoms with van der Waals surface area (Å²) in [5.74, 6) is 0.802. The highest BCUT2D eigenvalue weighted by molar-refractivity contribution is 5.87. The monoisotopic (exact) mass is 385 g/mol. The molecule has 29 heavy (non-hydrogen) atoms. The normalized spacial score (nSPS) is 13.4. The van der Waals surface area contributed by atoms with Crippen molar-refractivity contribution in [3.05, 3.63) is 82.4 Å². The minimum Gasteiger partial charge on any atom is -0.497 e. The number of nitrogens with zero attached hydrogens (tertiary/aromatic N) is 2. The number of aromatic nitrogens is 2. The van der Waals surface area contributed by atoms with Gasteiger partial charge in [-0.1, -0.05) is 18.2 Å². The van der Waals surface area contributed by atoms with Gasteiger partial charge in [-0.2, -0.15) is 0 Å². The van der Waals surface area contributed by atoms with Crippen molar-refractivity contribution in [3.8, 4) is 22.6 Å². The van der Waals surface area contributed by atoms with E-state index in [1.165, 1.54) is 22.2 Å². The summed E-state index contributed by atoms with van der Waals surface area (Å²) in [7, 11) is 3.76. The molecule has 1 N–H and O–H groups in total. The Hall–Kier alpha value is -3.31. The Kier molecular flexibility index (Phi) is 4.25. The molecule has 0 atom stereocenters. The molecule has 5 heteroatoms. The highest BCUT2D eigenvalue weighted by atomic mass is 16.5. The molecule has 3 heterocycles. The van der Waals surface area contributed by atoms with Gasteiger partial charge in [0.2, 0.25) is 0 Å². The van der Waals surface area contributed by atoms with Gasteiger partial charge < -0.3 is 14.6 Å². The van der Waals surface area contributed by atoms with Crippen LogP contribution in [0.25, 0.3) is 27.7 Å². The van der Waals surface area contributed by atoms with Gasteiger partial charge >= 0.3 is 0 Å². The van der Waals surface area contributed by atoms with Crippen LogP contribution >= 0.6 is 0 Å². The fourth-order valence-electron chi connectivity index (χ4n) is 4.30. The van der Waals surface area contributed by atoms with Crippen LogP contribution in [-0.2, 0) is 20.0 Å². The van der Waals surface area contributed by atoms with Crippen molar-refractivity contribution in [3.63, 3.8) is 0 Å². The van der Waals surface area contributed by atoms with Crippen LogP contribution in [0.15, 0.2) is 65.6 Å². The first-order valence-corrected chi connectivity index (χ1v) is 9.84. The van der Waals surface area contributed by atoms with E-state index in [0.717, 1.165) is 42.1 Å². The summed E-state index contributed by atoms with van der Waals surface area (Å²) < 4.78 is 9.18. The Morgan fingerprint density at radius 2 is 1.83 bits per heavy atom. The number of hydrogen-bond acceptors (Lipinski definition) is 3. The van der Waals surface area contributed by atoms with E-state index in [2.05, 4.69) is 29.1 Å². The van der Waals surface area contributed by atoms with Crippen LogP contribution in [0.5, 0.6) is 5.75 Å². The SMILES string of the molecule is COc1ccc(-c2ccn(-c3ccc4c5c(n(C)c4c3)CCNC5)c(=O)c2)cc1. The highest BCUT2D eigenvalue weighted by Gasteiger charge is 2.18. The van der Waals surface area contributed by atoms with Gasteiger partial charge in [0, 0.05) is 49.9 Å². The third-order valence-electron chi connectivity index (χ3n) is 5.88. The number of ether oxygens (including phenoxy) is 1. The molecule has 0 fully saturated rings. The molecule has 5 nitrogen and oxygen atoms in total. The van der Waals surface area contributed by atoms with E-state index in [1.54, 1.807) is 17.7 Å². The van der Waals surface area contributed by atoms with Gasteiger partial charge in [0.25, 0.3) is 5.56 Å². The van der Waals surface area contributed by atoms with E-state index in [0.29, 0.717) is 0 Å². The van der Waals surface area contributed by atoms with Crippen LogP contribution in [0.3, 0.4) is 0 Å². The Morgan fingerprint density at radius 1 is 1.00 bits per heavy atom. The van der Waals surface area contributed by atoms with Crippen molar-refractivity contribution < 1.29 is 4.74 Å². The molecule has 5 rings (SSSR count). The summed E-state index contributed by atoms with van der Waals surface area (Å²) in [5.41, 5.74) is 6.67. The van der Waals surface area contributed by atoms with Crippen LogP contribution in [-0.4, -0.2) is 22.8 Å². The number of pyridine rings is 1. The Balaban J connectivity index is 1.56. The number of methoxy groups -OCH3 is 1. The molecule has 4 aromatic rings. The largest absolute Gasteiger partial charge is 0.497 e. The summed E-state index contributed by atoms with van der Waals surface area (Å²) in [5, 5.41) is 4.72. The van der Waals surface area contributed by atoms with E-state index in [-0.39, 0.29) is 5.56 Å². The van der Waals surface area contributed by atoms with Gasteiger partial charge in [-0.3, -0.25) is 9.36 Å². The molecule has 0 radical (unpaired) electrons. The zero-order valence-corrected chi connectivity index (χ0v) is 16.6. The standard InChI is InChI=1S/C24H23N3O2/c1-26-22-9-11-25-15-21(22)20-8-5-18(14-23(20)26)27-12-10-17(13-24(27)28)16-3-6-19(29-2)7-4-16/h3-8,10,12-14,25H,9,11,15H2,1-2H3. The van der Waals surface area contributed by atoms with E-state index in [1.807, 2.05) is 42.6 Å². The molecule has 0 unspecified atom stereocenters. The van der Waals surface area contributed by atoms with E-state index in [9.17, 15) is 4.79 Å². The average Bonchev–Trinajstić information content (AvgIpc) is 3.06. The van der Waals surface area contributed by atoms with Crippen LogP contribution in [0.4, 0.5) is 0 Å². The fourth-order valence-corrected chi connectivity index (χ4v) is 4.30. The maximum atomic E-state index is 12.9. The van der Waals surface area contributed by atoms with Crippen molar-refractivity contribution in [1.82, 2.24) is 14.5 Å². The van der Waals surface area contributed by atoms with Gasteiger partial charge in [0.05, 0.1) is 18.3 Å². The summed E-state index contributed by atoms with van der Waals surface area (Å²) in [6.07, 6.45) is 2.89.